The number of carbonyl (C=O) groups excluding carboxylic acids is 1. The van der Waals surface area contributed by atoms with Crippen LogP contribution in [0.1, 0.15) is 29.2 Å². The number of rotatable bonds is 7. The van der Waals surface area contributed by atoms with Gasteiger partial charge in [-0.2, -0.15) is 0 Å². The molecule has 11 heteroatoms. The first kappa shape index (κ1) is 21.8. The molecule has 0 aliphatic carbocycles. The first-order valence-electron chi connectivity index (χ1n) is 9.91. The summed E-state index contributed by atoms with van der Waals surface area (Å²) in [5.74, 6) is 0.360. The minimum atomic E-state index is -0.690. The number of aromatic amines is 1. The highest BCUT2D eigenvalue weighted by Crippen LogP contribution is 2.28. The number of aliphatic hydroxyl groups is 1. The van der Waals surface area contributed by atoms with Crippen LogP contribution in [-0.4, -0.2) is 67.7 Å². The Morgan fingerprint density at radius 1 is 1.29 bits per heavy atom. The minimum absolute atomic E-state index is 0.0740. The lowest BCUT2D eigenvalue weighted by molar-refractivity contribution is 0.0607. The van der Waals surface area contributed by atoms with Gasteiger partial charge in [-0.25, -0.2) is 15.0 Å². The van der Waals surface area contributed by atoms with Gasteiger partial charge in [0, 0.05) is 32.1 Å². The third-order valence-electron chi connectivity index (χ3n) is 5.18. The second-order valence-corrected chi connectivity index (χ2v) is 8.32. The number of nitrogens with zero attached hydrogens (tertiary/aromatic N) is 4. The number of piperidine rings is 1. The van der Waals surface area contributed by atoms with Gasteiger partial charge < -0.3 is 25.5 Å². The van der Waals surface area contributed by atoms with E-state index in [1.54, 1.807) is 18.2 Å². The molecule has 1 amide bonds. The summed E-state index contributed by atoms with van der Waals surface area (Å²) in [5.41, 5.74) is 6.22. The van der Waals surface area contributed by atoms with Crippen LogP contribution < -0.4 is 10.5 Å². The second kappa shape index (κ2) is 9.35. The molecule has 3 aromatic rings. The van der Waals surface area contributed by atoms with E-state index in [-0.39, 0.29) is 18.2 Å². The van der Waals surface area contributed by atoms with Gasteiger partial charge >= 0.3 is 0 Å². The Bertz CT molecular complexity index is 1080. The molecule has 0 bridgehead atoms. The van der Waals surface area contributed by atoms with Crippen molar-refractivity contribution in [2.24, 2.45) is 5.73 Å². The zero-order chi connectivity index (χ0) is 22.0. The molecule has 3 heterocycles. The van der Waals surface area contributed by atoms with Crippen LogP contribution in [0, 0.1) is 0 Å². The van der Waals surface area contributed by atoms with Crippen molar-refractivity contribution in [2.75, 3.05) is 19.6 Å². The van der Waals surface area contributed by atoms with Gasteiger partial charge in [0.2, 0.25) is 0 Å². The molecule has 1 saturated heterocycles. The van der Waals surface area contributed by atoms with E-state index in [0.717, 1.165) is 25.9 Å². The zero-order valence-corrected chi connectivity index (χ0v) is 18.1. The Morgan fingerprint density at radius 3 is 2.77 bits per heavy atom. The van der Waals surface area contributed by atoms with Gasteiger partial charge in [0.1, 0.15) is 23.2 Å². The van der Waals surface area contributed by atoms with Crippen LogP contribution in [0.5, 0.6) is 5.75 Å². The van der Waals surface area contributed by atoms with Crippen LogP contribution in [-0.2, 0) is 6.42 Å². The number of imidazole rings is 1. The van der Waals surface area contributed by atoms with E-state index in [1.807, 2.05) is 0 Å². The number of benzene rings is 1. The molecular weight excluding hydrogens is 443 g/mol. The summed E-state index contributed by atoms with van der Waals surface area (Å²) < 4.78 is 6.00. The molecule has 1 aliphatic rings. The number of β-amino-alcohol motifs (C(OH)–C–C–N with tert-alkyl or cyclic N) is 1. The molecule has 1 aliphatic heterocycles. The number of carbonyl (C=O) groups is 1. The number of nitrogens with two attached hydrogens (primary N) is 1. The summed E-state index contributed by atoms with van der Waals surface area (Å²) in [6.07, 6.45) is 2.67. The maximum atomic E-state index is 11.7. The number of primary amides is 1. The van der Waals surface area contributed by atoms with Crippen LogP contribution >= 0.6 is 23.2 Å². The Kier molecular flexibility index (Phi) is 6.57. The van der Waals surface area contributed by atoms with Crippen molar-refractivity contribution in [1.29, 1.82) is 0 Å². The zero-order valence-electron chi connectivity index (χ0n) is 16.6. The Morgan fingerprint density at radius 2 is 2.06 bits per heavy atom. The predicted molar refractivity (Wildman–Crippen MR) is 116 cm³/mol. The van der Waals surface area contributed by atoms with E-state index in [1.165, 1.54) is 6.33 Å². The number of aromatic nitrogens is 4. The van der Waals surface area contributed by atoms with E-state index < -0.39 is 12.0 Å². The van der Waals surface area contributed by atoms with Gasteiger partial charge in [-0.15, -0.1) is 0 Å². The highest BCUT2D eigenvalue weighted by molar-refractivity contribution is 6.42. The lowest BCUT2D eigenvalue weighted by atomic mass is 10.1. The lowest BCUT2D eigenvalue weighted by Gasteiger charge is -2.33. The third-order valence-corrected chi connectivity index (χ3v) is 5.92. The topological polar surface area (TPSA) is 130 Å². The maximum absolute atomic E-state index is 11.7. The van der Waals surface area contributed by atoms with E-state index >= 15 is 0 Å². The van der Waals surface area contributed by atoms with Crippen molar-refractivity contribution >= 4 is 40.3 Å². The summed E-state index contributed by atoms with van der Waals surface area (Å²) in [7, 11) is 0. The summed E-state index contributed by atoms with van der Waals surface area (Å²) in [5, 5.41) is 11.5. The van der Waals surface area contributed by atoms with Crippen molar-refractivity contribution in [3.8, 4) is 5.75 Å². The number of hydrogen-bond donors (Lipinski definition) is 3. The predicted octanol–water partition coefficient (Wildman–Crippen LogP) is 2.21. The minimum Gasteiger partial charge on any atom is -0.490 e. The summed E-state index contributed by atoms with van der Waals surface area (Å²) >= 11 is 12.0. The Hall–Kier alpha value is -2.46. The normalized spacial score (nSPS) is 16.5. The molecule has 0 unspecified atom stereocenters. The molecule has 0 spiro atoms. The molecule has 0 saturated carbocycles. The molecular formula is C20H22Cl2N6O3. The number of ether oxygens (including phenoxy) is 1. The van der Waals surface area contributed by atoms with Crippen molar-refractivity contribution in [2.45, 2.75) is 31.5 Å². The van der Waals surface area contributed by atoms with E-state index in [4.69, 9.17) is 33.7 Å². The highest BCUT2D eigenvalue weighted by Gasteiger charge is 2.23. The van der Waals surface area contributed by atoms with Crippen molar-refractivity contribution in [3.05, 3.63) is 46.1 Å². The van der Waals surface area contributed by atoms with Gasteiger partial charge in [0.25, 0.3) is 5.91 Å². The fourth-order valence-electron chi connectivity index (χ4n) is 3.67. The van der Waals surface area contributed by atoms with Crippen LogP contribution in [0.3, 0.4) is 0 Å². The van der Waals surface area contributed by atoms with Crippen LogP contribution in [0.4, 0.5) is 0 Å². The highest BCUT2D eigenvalue weighted by atomic mass is 35.5. The summed E-state index contributed by atoms with van der Waals surface area (Å²) in [6.45, 7) is 2.04. The number of hydrogen-bond acceptors (Lipinski definition) is 7. The van der Waals surface area contributed by atoms with Crippen LogP contribution in [0.15, 0.2) is 24.5 Å². The van der Waals surface area contributed by atoms with Gasteiger partial charge in [-0.1, -0.05) is 23.2 Å². The summed E-state index contributed by atoms with van der Waals surface area (Å²) in [6, 6.07) is 5.24. The van der Waals surface area contributed by atoms with Gasteiger partial charge in [0.05, 0.1) is 22.5 Å². The number of fused-ring (bicyclic) bond motifs is 1. The Labute approximate surface area is 188 Å². The van der Waals surface area contributed by atoms with Gasteiger partial charge in [-0.3, -0.25) is 4.79 Å². The van der Waals surface area contributed by atoms with Gasteiger partial charge in [0.15, 0.2) is 11.3 Å². The molecule has 1 atom stereocenters. The molecule has 31 heavy (non-hydrogen) atoms. The fraction of sp³-hybridized carbons (Fsp3) is 0.400. The molecule has 4 N–H and O–H groups in total. The quantitative estimate of drug-likeness (QED) is 0.488. The Balaban J connectivity index is 1.30. The number of nitrogens with one attached hydrogen (secondary N) is 1. The number of H-pyrrole nitrogens is 1. The standard InChI is InChI=1S/C20H22Cl2N6O3/c21-14-2-1-13(8-15(14)22)31-12-3-5-28(6-4-12)9-11(29)7-16-26-17(19(23)30)18-20(27-16)25-10-24-18/h1-2,8,10-12,29H,3-7,9H2,(H2,23,30)(H,24,25,26,27)/t11-/m1/s1. The van der Waals surface area contributed by atoms with E-state index in [9.17, 15) is 9.90 Å². The number of amides is 1. The summed E-state index contributed by atoms with van der Waals surface area (Å²) in [4.78, 5) is 29.2. The molecule has 4 rings (SSSR count). The van der Waals surface area contributed by atoms with E-state index in [2.05, 4.69) is 24.8 Å². The second-order valence-electron chi connectivity index (χ2n) is 7.51. The maximum Gasteiger partial charge on any atom is 0.269 e. The van der Waals surface area contributed by atoms with Crippen LogP contribution in [0.25, 0.3) is 11.2 Å². The first-order chi connectivity index (χ1) is 14.9. The largest absolute Gasteiger partial charge is 0.490 e. The molecule has 0 radical (unpaired) electrons. The monoisotopic (exact) mass is 464 g/mol. The number of aliphatic hydroxyl groups excluding tert-OH is 1. The molecule has 2 aromatic heterocycles. The lowest BCUT2D eigenvalue weighted by Crippen LogP contribution is -2.42. The number of halogens is 2. The average Bonchev–Trinajstić information content (AvgIpc) is 3.20. The third kappa shape index (κ3) is 5.24. The van der Waals surface area contributed by atoms with Crippen molar-refractivity contribution in [3.63, 3.8) is 0 Å². The molecule has 164 valence electrons. The first-order valence-corrected chi connectivity index (χ1v) is 10.7. The molecule has 1 aromatic carbocycles. The number of likely N-dealkylation sites (tertiary alicyclic amines) is 1. The fourth-order valence-corrected chi connectivity index (χ4v) is 3.96. The van der Waals surface area contributed by atoms with Crippen molar-refractivity contribution in [1.82, 2.24) is 24.8 Å². The SMILES string of the molecule is NC(=O)c1nc(C[C@@H](O)CN2CCC(Oc3ccc(Cl)c(Cl)c3)CC2)nc2nc[nH]c12. The smallest absolute Gasteiger partial charge is 0.269 e. The van der Waals surface area contributed by atoms with Crippen LogP contribution in [0.2, 0.25) is 10.0 Å². The average molecular weight is 465 g/mol. The molecule has 9 nitrogen and oxygen atoms in total. The van der Waals surface area contributed by atoms with Gasteiger partial charge in [-0.05, 0) is 25.0 Å². The van der Waals surface area contributed by atoms with E-state index in [0.29, 0.717) is 39.3 Å². The van der Waals surface area contributed by atoms with Crippen molar-refractivity contribution < 1.29 is 14.6 Å². The molecule has 1 fully saturated rings.